The minimum absolute atomic E-state index is 0.132. The first-order valence-corrected chi connectivity index (χ1v) is 10.6. The number of para-hydroxylation sites is 3. The highest BCUT2D eigenvalue weighted by atomic mass is 16.5. The van der Waals surface area contributed by atoms with E-state index in [1.807, 2.05) is 77.5 Å². The fourth-order valence-electron chi connectivity index (χ4n) is 4.04. The van der Waals surface area contributed by atoms with Crippen molar-refractivity contribution >= 4 is 11.6 Å². The number of carbonyl (C=O) groups excluding carboxylic acids is 1. The number of amides is 1. The Bertz CT molecular complexity index is 1220. The first-order chi connectivity index (χ1) is 15.7. The van der Waals surface area contributed by atoms with Crippen molar-refractivity contribution in [2.24, 2.45) is 0 Å². The summed E-state index contributed by atoms with van der Waals surface area (Å²) < 4.78 is 7.88. The molecule has 6 nitrogen and oxygen atoms in total. The predicted octanol–water partition coefficient (Wildman–Crippen LogP) is 4.05. The van der Waals surface area contributed by atoms with Gasteiger partial charge >= 0.3 is 0 Å². The molecule has 0 spiro atoms. The monoisotopic (exact) mass is 424 g/mol. The molecule has 1 aliphatic rings. The number of fused-ring (bicyclic) bond motifs is 1. The molecule has 1 aromatic heterocycles. The number of hydrogen-bond donors (Lipinski definition) is 1. The number of nitrogens with one attached hydrogen (secondary N) is 1. The molecule has 2 heterocycles. The molecular formula is C26H24N4O2. The van der Waals surface area contributed by atoms with Crippen molar-refractivity contribution in [3.63, 3.8) is 0 Å². The zero-order valence-electron chi connectivity index (χ0n) is 17.8. The Balaban J connectivity index is 1.55. The normalized spacial score (nSPS) is 15.0. The summed E-state index contributed by atoms with van der Waals surface area (Å²) in [5.74, 6) is 0.580. The smallest absolute Gasteiger partial charge is 0.262 e. The van der Waals surface area contributed by atoms with Gasteiger partial charge in [0.1, 0.15) is 5.75 Å². The second-order valence-electron chi connectivity index (χ2n) is 7.72. The van der Waals surface area contributed by atoms with E-state index in [1.165, 1.54) is 0 Å². The topological polar surface area (TPSA) is 59.4 Å². The number of anilines is 1. The van der Waals surface area contributed by atoms with Gasteiger partial charge in [0, 0.05) is 30.9 Å². The summed E-state index contributed by atoms with van der Waals surface area (Å²) >= 11 is 0. The van der Waals surface area contributed by atoms with Crippen molar-refractivity contribution < 1.29 is 9.53 Å². The molecule has 0 bridgehead atoms. The van der Waals surface area contributed by atoms with Gasteiger partial charge in [0.2, 0.25) is 0 Å². The quantitative estimate of drug-likeness (QED) is 0.525. The maximum atomic E-state index is 12.4. The molecule has 4 aromatic rings. The number of nitrogens with zero attached hydrogens (tertiary/aromatic N) is 3. The maximum Gasteiger partial charge on any atom is 0.262 e. The van der Waals surface area contributed by atoms with Gasteiger partial charge in [-0.2, -0.15) is 5.10 Å². The maximum absolute atomic E-state index is 12.4. The van der Waals surface area contributed by atoms with Crippen LogP contribution in [0.3, 0.4) is 0 Å². The minimum Gasteiger partial charge on any atom is -0.477 e. The zero-order valence-corrected chi connectivity index (χ0v) is 17.8. The third kappa shape index (κ3) is 3.83. The average molecular weight is 425 g/mol. The van der Waals surface area contributed by atoms with E-state index in [9.17, 15) is 4.79 Å². The Morgan fingerprint density at radius 1 is 1.00 bits per heavy atom. The van der Waals surface area contributed by atoms with Crippen molar-refractivity contribution in [2.45, 2.75) is 12.6 Å². The van der Waals surface area contributed by atoms with Crippen molar-refractivity contribution in [1.29, 1.82) is 0 Å². The Kier molecular flexibility index (Phi) is 5.34. The molecule has 0 saturated heterocycles. The first kappa shape index (κ1) is 19.9. The first-order valence-electron chi connectivity index (χ1n) is 10.6. The van der Waals surface area contributed by atoms with Crippen LogP contribution >= 0.6 is 0 Å². The Morgan fingerprint density at radius 3 is 2.44 bits per heavy atom. The molecule has 6 heteroatoms. The zero-order chi connectivity index (χ0) is 21.9. The lowest BCUT2D eigenvalue weighted by atomic mass is 10.1. The molecule has 1 atom stereocenters. The molecule has 0 fully saturated rings. The van der Waals surface area contributed by atoms with Crippen LogP contribution < -0.4 is 15.0 Å². The fraction of sp³-hybridized carbons (Fsp3) is 0.154. The van der Waals surface area contributed by atoms with Crippen molar-refractivity contribution in [1.82, 2.24) is 15.1 Å². The number of aromatic nitrogens is 2. The van der Waals surface area contributed by atoms with E-state index >= 15 is 0 Å². The molecule has 1 N–H and O–H groups in total. The molecule has 160 valence electrons. The molecule has 0 radical (unpaired) electrons. The second kappa shape index (κ2) is 8.59. The van der Waals surface area contributed by atoms with Crippen LogP contribution in [0.2, 0.25) is 0 Å². The van der Waals surface area contributed by atoms with E-state index in [-0.39, 0.29) is 5.91 Å². The van der Waals surface area contributed by atoms with Crippen LogP contribution in [0.4, 0.5) is 5.69 Å². The molecule has 0 aliphatic carbocycles. The lowest BCUT2D eigenvalue weighted by Crippen LogP contribution is -2.47. The third-order valence-electron chi connectivity index (χ3n) is 5.62. The van der Waals surface area contributed by atoms with Gasteiger partial charge in [-0.15, -0.1) is 0 Å². The molecule has 3 aromatic carbocycles. The highest BCUT2D eigenvalue weighted by Crippen LogP contribution is 2.35. The molecule has 32 heavy (non-hydrogen) atoms. The van der Waals surface area contributed by atoms with Crippen LogP contribution in [0.25, 0.3) is 16.9 Å². The van der Waals surface area contributed by atoms with Gasteiger partial charge in [0.25, 0.3) is 5.91 Å². The van der Waals surface area contributed by atoms with Crippen LogP contribution in [0.1, 0.15) is 5.56 Å². The van der Waals surface area contributed by atoms with E-state index in [0.29, 0.717) is 18.8 Å². The number of benzene rings is 3. The van der Waals surface area contributed by atoms with Crippen LogP contribution in [0.15, 0.2) is 91.1 Å². The summed E-state index contributed by atoms with van der Waals surface area (Å²) in [7, 11) is 1.63. The van der Waals surface area contributed by atoms with Gasteiger partial charge in [0.05, 0.1) is 23.6 Å². The van der Waals surface area contributed by atoms with E-state index in [1.54, 1.807) is 7.05 Å². The van der Waals surface area contributed by atoms with Crippen LogP contribution in [0.5, 0.6) is 5.75 Å². The summed E-state index contributed by atoms with van der Waals surface area (Å²) in [5, 5.41) is 7.63. The summed E-state index contributed by atoms with van der Waals surface area (Å²) in [6.07, 6.45) is 1.50. The van der Waals surface area contributed by atoms with E-state index in [4.69, 9.17) is 9.84 Å². The lowest BCUT2D eigenvalue weighted by molar-refractivity contribution is -0.127. The summed E-state index contributed by atoms with van der Waals surface area (Å²) in [4.78, 5) is 14.6. The number of likely N-dealkylation sites (N-methyl/N-ethyl adjacent to an activating group) is 1. The second-order valence-corrected chi connectivity index (χ2v) is 7.72. The predicted molar refractivity (Wildman–Crippen MR) is 125 cm³/mol. The van der Waals surface area contributed by atoms with Gasteiger partial charge in [-0.3, -0.25) is 4.79 Å². The van der Waals surface area contributed by atoms with Gasteiger partial charge in [-0.05, 0) is 24.3 Å². The largest absolute Gasteiger partial charge is 0.477 e. The molecule has 1 aliphatic heterocycles. The van der Waals surface area contributed by atoms with E-state index < -0.39 is 6.10 Å². The number of ether oxygens (including phenoxy) is 1. The lowest BCUT2D eigenvalue weighted by Gasteiger charge is -2.35. The summed E-state index contributed by atoms with van der Waals surface area (Å²) in [6.45, 7) is 1.06. The van der Waals surface area contributed by atoms with Crippen LogP contribution in [-0.4, -0.2) is 35.4 Å². The Morgan fingerprint density at radius 2 is 1.69 bits per heavy atom. The fourth-order valence-corrected chi connectivity index (χ4v) is 4.04. The number of rotatable bonds is 5. The van der Waals surface area contributed by atoms with Gasteiger partial charge in [0.15, 0.2) is 6.10 Å². The standard InChI is InChI=1S/C26H24N4O2/c1-27-26(31)24-18-29(22-14-8-9-15-23(22)32-24)16-20-17-30(21-12-6-3-7-13-21)28-25(20)19-10-4-2-5-11-19/h2-15,17,24H,16,18H2,1H3,(H,27,31)/t24-/m0/s1. The minimum atomic E-state index is -0.570. The van der Waals surface area contributed by atoms with Crippen molar-refractivity contribution in [3.05, 3.63) is 96.7 Å². The number of carbonyl (C=O) groups is 1. The Hall–Kier alpha value is -4.06. The Labute approximate surface area is 187 Å². The third-order valence-corrected chi connectivity index (χ3v) is 5.62. The molecule has 1 amide bonds. The van der Waals surface area contributed by atoms with Gasteiger partial charge in [-0.1, -0.05) is 60.7 Å². The average Bonchev–Trinajstić information content (AvgIpc) is 3.28. The van der Waals surface area contributed by atoms with Crippen molar-refractivity contribution in [3.8, 4) is 22.7 Å². The molecule has 0 saturated carbocycles. The highest BCUT2D eigenvalue weighted by molar-refractivity contribution is 5.83. The van der Waals surface area contributed by atoms with E-state index in [2.05, 4.69) is 28.5 Å². The van der Waals surface area contributed by atoms with Gasteiger partial charge in [-0.25, -0.2) is 4.68 Å². The SMILES string of the molecule is CNC(=O)[C@@H]1CN(Cc2cn(-c3ccccc3)nc2-c2ccccc2)c2ccccc2O1. The number of hydrogen-bond acceptors (Lipinski definition) is 4. The summed E-state index contributed by atoms with van der Waals surface area (Å²) in [6, 6.07) is 28.1. The van der Waals surface area contributed by atoms with Crippen LogP contribution in [-0.2, 0) is 11.3 Å². The molecule has 5 rings (SSSR count). The van der Waals surface area contributed by atoms with Crippen molar-refractivity contribution in [2.75, 3.05) is 18.5 Å². The summed E-state index contributed by atoms with van der Waals surface area (Å²) in [5.41, 5.74) is 5.03. The molecular weight excluding hydrogens is 400 g/mol. The van der Waals surface area contributed by atoms with Crippen LogP contribution in [0, 0.1) is 0 Å². The van der Waals surface area contributed by atoms with Gasteiger partial charge < -0.3 is 15.0 Å². The highest BCUT2D eigenvalue weighted by Gasteiger charge is 2.31. The van der Waals surface area contributed by atoms with E-state index in [0.717, 1.165) is 28.2 Å². The molecule has 0 unspecified atom stereocenters.